The van der Waals surface area contributed by atoms with E-state index < -0.39 is 8.32 Å². The van der Waals surface area contributed by atoms with Crippen LogP contribution in [0.2, 0.25) is 5.04 Å². The molecule has 0 aliphatic heterocycles. The van der Waals surface area contributed by atoms with Gasteiger partial charge in [-0.3, -0.25) is 4.79 Å². The zero-order chi connectivity index (χ0) is 21.2. The molecule has 0 aromatic heterocycles. The van der Waals surface area contributed by atoms with Gasteiger partial charge in [-0.1, -0.05) is 81.4 Å². The normalized spacial score (nSPS) is 22.8. The summed E-state index contributed by atoms with van der Waals surface area (Å²) in [7, 11) is -2.41. The van der Waals surface area contributed by atoms with Crippen molar-refractivity contribution in [3.63, 3.8) is 0 Å². The highest BCUT2D eigenvalue weighted by atomic mass is 28.4. The highest BCUT2D eigenvalue weighted by Crippen LogP contribution is 2.47. The van der Waals surface area contributed by atoms with E-state index >= 15 is 0 Å². The van der Waals surface area contributed by atoms with Gasteiger partial charge < -0.3 is 4.43 Å². The maximum atomic E-state index is 11.5. The van der Waals surface area contributed by atoms with E-state index in [0.717, 1.165) is 44.1 Å². The molecule has 30 heavy (non-hydrogen) atoms. The molecular formula is C27H36O2Si. The lowest BCUT2D eigenvalue weighted by Gasteiger charge is -2.43. The Morgan fingerprint density at radius 2 is 1.40 bits per heavy atom. The smallest absolute Gasteiger partial charge is 0.261 e. The summed E-state index contributed by atoms with van der Waals surface area (Å²) in [6.07, 6.45) is 6.42. The van der Waals surface area contributed by atoms with Crippen LogP contribution in [0.1, 0.15) is 59.3 Å². The van der Waals surface area contributed by atoms with Crippen molar-refractivity contribution in [2.24, 2.45) is 17.8 Å². The summed E-state index contributed by atoms with van der Waals surface area (Å²) >= 11 is 0. The summed E-state index contributed by atoms with van der Waals surface area (Å²) in [5.74, 6) is 2.70. The van der Waals surface area contributed by atoms with E-state index in [2.05, 4.69) is 81.4 Å². The molecule has 0 heterocycles. The third kappa shape index (κ3) is 4.48. The van der Waals surface area contributed by atoms with E-state index in [1.165, 1.54) is 23.2 Å². The second kappa shape index (κ2) is 8.80. The molecule has 2 fully saturated rings. The Morgan fingerprint density at radius 3 is 1.90 bits per heavy atom. The van der Waals surface area contributed by atoms with Crippen molar-refractivity contribution in [1.29, 1.82) is 0 Å². The van der Waals surface area contributed by atoms with Gasteiger partial charge in [-0.25, -0.2) is 0 Å². The van der Waals surface area contributed by atoms with Crippen LogP contribution in [-0.2, 0) is 9.22 Å². The van der Waals surface area contributed by atoms with Gasteiger partial charge >= 0.3 is 0 Å². The standard InChI is InChI=1S/C27H36O2Si/c1-27(2,3)30(25-10-6-4-7-11-25,26-12-8-5-9-13-26)29-20-23-19-22(23)18-21-14-16-24(28)17-15-21/h4-13,21-23H,14-20H2,1-3H3/t22-,23+/m0/s1. The van der Waals surface area contributed by atoms with Crippen LogP contribution in [0.5, 0.6) is 0 Å². The topological polar surface area (TPSA) is 26.3 Å². The second-order valence-electron chi connectivity index (χ2n) is 10.4. The lowest BCUT2D eigenvalue weighted by molar-refractivity contribution is -0.121. The maximum Gasteiger partial charge on any atom is 0.261 e. The predicted octanol–water partition coefficient (Wildman–Crippen LogP) is 5.35. The zero-order valence-corrected chi connectivity index (χ0v) is 19.8. The van der Waals surface area contributed by atoms with Crippen molar-refractivity contribution in [3.8, 4) is 0 Å². The first-order valence-electron chi connectivity index (χ1n) is 11.7. The molecule has 0 saturated heterocycles. The Labute approximate surface area is 183 Å². The van der Waals surface area contributed by atoms with Gasteiger partial charge in [0.15, 0.2) is 0 Å². The Hall–Kier alpha value is -1.71. The van der Waals surface area contributed by atoms with Crippen molar-refractivity contribution in [2.75, 3.05) is 6.61 Å². The van der Waals surface area contributed by atoms with Crippen LogP contribution in [0, 0.1) is 17.8 Å². The average Bonchev–Trinajstić information content (AvgIpc) is 3.48. The average molecular weight is 421 g/mol. The molecule has 3 heteroatoms. The molecule has 2 atom stereocenters. The number of hydrogen-bond acceptors (Lipinski definition) is 2. The molecule has 0 N–H and O–H groups in total. The molecule has 2 aromatic rings. The Kier molecular flexibility index (Phi) is 6.31. The van der Waals surface area contributed by atoms with Crippen molar-refractivity contribution < 1.29 is 9.22 Å². The minimum atomic E-state index is -2.41. The van der Waals surface area contributed by atoms with Gasteiger partial charge in [0.05, 0.1) is 0 Å². The van der Waals surface area contributed by atoms with Crippen LogP contribution in [0.25, 0.3) is 0 Å². The summed E-state index contributed by atoms with van der Waals surface area (Å²) in [6, 6.07) is 21.9. The lowest BCUT2D eigenvalue weighted by atomic mass is 9.85. The fraction of sp³-hybridized carbons (Fsp3) is 0.519. The number of hydrogen-bond donors (Lipinski definition) is 0. The molecule has 2 aromatic carbocycles. The summed E-state index contributed by atoms with van der Waals surface area (Å²) in [4.78, 5) is 11.5. The molecule has 0 bridgehead atoms. The molecule has 0 unspecified atom stereocenters. The monoisotopic (exact) mass is 420 g/mol. The van der Waals surface area contributed by atoms with Crippen molar-refractivity contribution in [3.05, 3.63) is 60.7 Å². The number of Topliss-reactive ketones (excluding diaryl/α,β-unsaturated/α-hetero) is 1. The minimum absolute atomic E-state index is 0.0455. The zero-order valence-electron chi connectivity index (χ0n) is 18.8. The summed E-state index contributed by atoms with van der Waals surface area (Å²) in [5, 5.41) is 2.78. The molecule has 2 aliphatic carbocycles. The number of carbonyl (C=O) groups is 1. The Bertz CT molecular complexity index is 791. The van der Waals surface area contributed by atoms with Gasteiger partial charge in [-0.15, -0.1) is 0 Å². The minimum Gasteiger partial charge on any atom is -0.407 e. The van der Waals surface area contributed by atoms with Gasteiger partial charge in [0.1, 0.15) is 5.78 Å². The van der Waals surface area contributed by atoms with Crippen LogP contribution in [0.3, 0.4) is 0 Å². The molecule has 0 spiro atoms. The fourth-order valence-electron chi connectivity index (χ4n) is 5.46. The number of benzene rings is 2. The van der Waals surface area contributed by atoms with E-state index in [-0.39, 0.29) is 5.04 Å². The summed E-state index contributed by atoms with van der Waals surface area (Å²) in [5.41, 5.74) is 0. The van der Waals surface area contributed by atoms with Gasteiger partial charge in [-0.2, -0.15) is 0 Å². The third-order valence-corrected chi connectivity index (χ3v) is 12.3. The SMILES string of the molecule is CC(C)(C)[Si](OC[C@H]1C[C@@H]1CC1CCC(=O)CC1)(c1ccccc1)c1ccccc1. The van der Waals surface area contributed by atoms with Gasteiger partial charge in [0, 0.05) is 19.4 Å². The van der Waals surface area contributed by atoms with E-state index in [4.69, 9.17) is 4.43 Å². The molecule has 2 saturated carbocycles. The lowest BCUT2D eigenvalue weighted by Crippen LogP contribution is -2.66. The highest BCUT2D eigenvalue weighted by molar-refractivity contribution is 6.99. The van der Waals surface area contributed by atoms with Gasteiger partial charge in [-0.05, 0) is 58.8 Å². The van der Waals surface area contributed by atoms with Gasteiger partial charge in [0.25, 0.3) is 8.32 Å². The predicted molar refractivity (Wildman–Crippen MR) is 127 cm³/mol. The first-order valence-corrected chi connectivity index (χ1v) is 13.6. The van der Waals surface area contributed by atoms with Gasteiger partial charge in [0.2, 0.25) is 0 Å². The molecule has 0 amide bonds. The first-order chi connectivity index (χ1) is 14.4. The Balaban J connectivity index is 1.51. The van der Waals surface area contributed by atoms with Crippen LogP contribution >= 0.6 is 0 Å². The largest absolute Gasteiger partial charge is 0.407 e. The molecule has 4 rings (SSSR count). The first kappa shape index (κ1) is 21.5. The highest BCUT2D eigenvalue weighted by Gasteiger charge is 2.51. The fourth-order valence-corrected chi connectivity index (χ4v) is 10.1. The third-order valence-electron chi connectivity index (χ3n) is 7.30. The van der Waals surface area contributed by atoms with Crippen LogP contribution in [0.15, 0.2) is 60.7 Å². The van der Waals surface area contributed by atoms with Crippen molar-refractivity contribution in [1.82, 2.24) is 0 Å². The molecule has 160 valence electrons. The molecule has 2 aliphatic rings. The quantitative estimate of drug-likeness (QED) is 0.565. The molecular weight excluding hydrogens is 384 g/mol. The summed E-state index contributed by atoms with van der Waals surface area (Å²) in [6.45, 7) is 7.91. The number of carbonyl (C=O) groups excluding carboxylic acids is 1. The van der Waals surface area contributed by atoms with Crippen molar-refractivity contribution in [2.45, 2.75) is 64.3 Å². The van der Waals surface area contributed by atoms with Crippen molar-refractivity contribution >= 4 is 24.5 Å². The van der Waals surface area contributed by atoms with Crippen LogP contribution in [0.4, 0.5) is 0 Å². The number of ketones is 1. The van der Waals surface area contributed by atoms with E-state index in [1.807, 2.05) is 0 Å². The molecule has 2 nitrogen and oxygen atoms in total. The van der Waals surface area contributed by atoms with Crippen LogP contribution < -0.4 is 10.4 Å². The maximum absolute atomic E-state index is 11.5. The van der Waals surface area contributed by atoms with E-state index in [9.17, 15) is 4.79 Å². The van der Waals surface area contributed by atoms with Crippen LogP contribution in [-0.4, -0.2) is 20.7 Å². The molecule has 0 radical (unpaired) electrons. The summed E-state index contributed by atoms with van der Waals surface area (Å²) < 4.78 is 7.11. The van der Waals surface area contributed by atoms with E-state index in [0.29, 0.717) is 11.7 Å². The number of rotatable bonds is 7. The second-order valence-corrected chi connectivity index (χ2v) is 14.8. The van der Waals surface area contributed by atoms with E-state index in [1.54, 1.807) is 0 Å². The Morgan fingerprint density at radius 1 is 0.867 bits per heavy atom.